The van der Waals surface area contributed by atoms with E-state index in [0.717, 1.165) is 6.07 Å². The maximum absolute atomic E-state index is 13.8. The summed E-state index contributed by atoms with van der Waals surface area (Å²) in [6.45, 7) is 3.16. The highest BCUT2D eigenvalue weighted by atomic mass is 35.5. The van der Waals surface area contributed by atoms with Gasteiger partial charge in [-0.2, -0.15) is 26.3 Å². The fourth-order valence-electron chi connectivity index (χ4n) is 4.35. The van der Waals surface area contributed by atoms with Crippen molar-refractivity contribution in [1.29, 1.82) is 0 Å². The van der Waals surface area contributed by atoms with Gasteiger partial charge in [-0.25, -0.2) is 0 Å². The highest BCUT2D eigenvalue weighted by molar-refractivity contribution is 6.37. The standard InChI is InChI=1S/C22H15ClF6O/c1-20(2)14-6-4-12-11(5-7-16(30-3)19(12)23)17(14)13-8-10(21(24,25)26)9-15(18(13)20)22(27,28)29/h4-9H,1-3H3. The molecule has 1 nitrogen and oxygen atoms in total. The summed E-state index contributed by atoms with van der Waals surface area (Å²) in [4.78, 5) is 0. The van der Waals surface area contributed by atoms with E-state index in [2.05, 4.69) is 0 Å². The number of hydrogen-bond donors (Lipinski definition) is 0. The van der Waals surface area contributed by atoms with Gasteiger partial charge in [-0.05, 0) is 51.9 Å². The Hall–Kier alpha value is -2.41. The predicted molar refractivity (Wildman–Crippen MR) is 103 cm³/mol. The topological polar surface area (TPSA) is 9.23 Å². The molecular formula is C22H15ClF6O. The Morgan fingerprint density at radius 3 is 2.07 bits per heavy atom. The number of halogens is 7. The second-order valence-electron chi connectivity index (χ2n) is 7.73. The van der Waals surface area contributed by atoms with Crippen molar-refractivity contribution in [3.8, 4) is 16.9 Å². The maximum Gasteiger partial charge on any atom is 0.416 e. The molecular weight excluding hydrogens is 430 g/mol. The lowest BCUT2D eigenvalue weighted by molar-refractivity contribution is -0.143. The predicted octanol–water partition coefficient (Wildman–Crippen LogP) is 7.85. The molecule has 158 valence electrons. The quantitative estimate of drug-likeness (QED) is 0.347. The zero-order valence-electron chi connectivity index (χ0n) is 16.0. The molecule has 3 aromatic carbocycles. The zero-order valence-corrected chi connectivity index (χ0v) is 16.8. The minimum atomic E-state index is -4.94. The van der Waals surface area contributed by atoms with Crippen LogP contribution in [0, 0.1) is 0 Å². The molecule has 0 heterocycles. The third-order valence-corrected chi connectivity index (χ3v) is 6.05. The van der Waals surface area contributed by atoms with Crippen LogP contribution in [0.15, 0.2) is 36.4 Å². The minimum absolute atomic E-state index is 0.0796. The summed E-state index contributed by atoms with van der Waals surface area (Å²) in [5.41, 5.74) is -3.18. The molecule has 0 saturated heterocycles. The molecule has 0 aromatic heterocycles. The average Bonchev–Trinajstić information content (AvgIpc) is 2.88. The Morgan fingerprint density at radius 1 is 0.867 bits per heavy atom. The lowest BCUT2D eigenvalue weighted by Gasteiger charge is -2.26. The zero-order chi connectivity index (χ0) is 22.2. The van der Waals surface area contributed by atoms with E-state index in [0.29, 0.717) is 27.6 Å². The highest BCUT2D eigenvalue weighted by Gasteiger charge is 2.47. The molecule has 0 atom stereocenters. The van der Waals surface area contributed by atoms with Gasteiger partial charge in [-0.1, -0.05) is 37.6 Å². The first-order valence-corrected chi connectivity index (χ1v) is 9.29. The molecule has 0 bridgehead atoms. The Labute approximate surface area is 173 Å². The van der Waals surface area contributed by atoms with E-state index in [9.17, 15) is 26.3 Å². The third-order valence-electron chi connectivity index (χ3n) is 5.66. The molecule has 0 amide bonds. The first-order valence-electron chi connectivity index (χ1n) is 8.91. The van der Waals surface area contributed by atoms with Gasteiger partial charge >= 0.3 is 12.4 Å². The molecule has 8 heteroatoms. The molecule has 30 heavy (non-hydrogen) atoms. The Morgan fingerprint density at radius 2 is 1.50 bits per heavy atom. The first kappa shape index (κ1) is 20.8. The molecule has 4 rings (SSSR count). The normalized spacial score (nSPS) is 15.3. The van der Waals surface area contributed by atoms with Crippen molar-refractivity contribution in [3.63, 3.8) is 0 Å². The molecule has 0 saturated carbocycles. The highest BCUT2D eigenvalue weighted by Crippen LogP contribution is 2.56. The van der Waals surface area contributed by atoms with E-state index in [-0.39, 0.29) is 22.2 Å². The van der Waals surface area contributed by atoms with Gasteiger partial charge < -0.3 is 4.74 Å². The van der Waals surface area contributed by atoms with Crippen LogP contribution in [0.5, 0.6) is 5.75 Å². The Balaban J connectivity index is 2.19. The van der Waals surface area contributed by atoms with E-state index in [1.54, 1.807) is 38.1 Å². The second kappa shape index (κ2) is 6.30. The van der Waals surface area contributed by atoms with Crippen LogP contribution in [0.4, 0.5) is 26.3 Å². The van der Waals surface area contributed by atoms with Crippen LogP contribution in [0.1, 0.15) is 36.1 Å². The molecule has 0 unspecified atom stereocenters. The van der Waals surface area contributed by atoms with Crippen LogP contribution >= 0.6 is 11.6 Å². The van der Waals surface area contributed by atoms with Crippen molar-refractivity contribution in [3.05, 3.63) is 63.7 Å². The van der Waals surface area contributed by atoms with Gasteiger partial charge in [0.1, 0.15) is 5.75 Å². The van der Waals surface area contributed by atoms with Crippen molar-refractivity contribution in [2.45, 2.75) is 31.6 Å². The Kier molecular flexibility index (Phi) is 4.37. The SMILES string of the molecule is COc1ccc2c3c(ccc2c1Cl)C(C)(C)c1c-3cc(C(F)(F)F)cc1C(F)(F)F. The molecule has 0 aliphatic heterocycles. The first-order chi connectivity index (χ1) is 13.8. The molecule has 0 spiro atoms. The fourth-order valence-corrected chi connectivity index (χ4v) is 4.66. The largest absolute Gasteiger partial charge is 0.495 e. The van der Waals surface area contributed by atoms with E-state index in [1.165, 1.54) is 7.11 Å². The molecule has 0 N–H and O–H groups in total. The van der Waals surface area contributed by atoms with Crippen LogP contribution < -0.4 is 4.74 Å². The summed E-state index contributed by atoms with van der Waals surface area (Å²) in [6, 6.07) is 7.44. The summed E-state index contributed by atoms with van der Waals surface area (Å²) >= 11 is 6.36. The summed E-state index contributed by atoms with van der Waals surface area (Å²) < 4.78 is 87.1. The van der Waals surface area contributed by atoms with Crippen LogP contribution in [-0.2, 0) is 17.8 Å². The molecule has 1 aliphatic rings. The number of hydrogen-bond acceptors (Lipinski definition) is 1. The minimum Gasteiger partial charge on any atom is -0.495 e. The number of ether oxygens (including phenoxy) is 1. The van der Waals surface area contributed by atoms with Crippen LogP contribution in [0.25, 0.3) is 21.9 Å². The van der Waals surface area contributed by atoms with E-state index >= 15 is 0 Å². The van der Waals surface area contributed by atoms with Crippen LogP contribution in [0.3, 0.4) is 0 Å². The van der Waals surface area contributed by atoms with Crippen molar-refractivity contribution < 1.29 is 31.1 Å². The number of alkyl halides is 6. The average molecular weight is 445 g/mol. The number of benzene rings is 3. The molecule has 3 aromatic rings. The second-order valence-corrected chi connectivity index (χ2v) is 8.11. The van der Waals surface area contributed by atoms with E-state index in [1.807, 2.05) is 0 Å². The number of methoxy groups -OCH3 is 1. The summed E-state index contributed by atoms with van der Waals surface area (Å²) in [7, 11) is 1.42. The van der Waals surface area contributed by atoms with Gasteiger partial charge in [0, 0.05) is 10.8 Å². The summed E-state index contributed by atoms with van der Waals surface area (Å²) in [5, 5.41) is 1.20. The van der Waals surface area contributed by atoms with Crippen LogP contribution in [-0.4, -0.2) is 7.11 Å². The van der Waals surface area contributed by atoms with Crippen molar-refractivity contribution in [1.82, 2.24) is 0 Å². The lowest BCUT2D eigenvalue weighted by Crippen LogP contribution is -2.22. The number of fused-ring (bicyclic) bond motifs is 5. The van der Waals surface area contributed by atoms with Gasteiger partial charge in [0.05, 0.1) is 23.3 Å². The Bertz CT molecular complexity index is 1190. The molecule has 0 radical (unpaired) electrons. The van der Waals surface area contributed by atoms with Gasteiger partial charge in [0.15, 0.2) is 0 Å². The summed E-state index contributed by atoms with van der Waals surface area (Å²) in [6.07, 6.45) is -9.87. The molecule has 0 fully saturated rings. The van der Waals surface area contributed by atoms with Gasteiger partial charge in [0.2, 0.25) is 0 Å². The van der Waals surface area contributed by atoms with E-state index < -0.39 is 28.9 Å². The van der Waals surface area contributed by atoms with Gasteiger partial charge in [-0.3, -0.25) is 0 Å². The monoisotopic (exact) mass is 444 g/mol. The van der Waals surface area contributed by atoms with Crippen molar-refractivity contribution in [2.75, 3.05) is 7.11 Å². The molecule has 1 aliphatic carbocycles. The number of rotatable bonds is 1. The van der Waals surface area contributed by atoms with Crippen molar-refractivity contribution in [2.24, 2.45) is 0 Å². The summed E-state index contributed by atoms with van der Waals surface area (Å²) in [5.74, 6) is 0.363. The van der Waals surface area contributed by atoms with Gasteiger partial charge in [-0.15, -0.1) is 0 Å². The maximum atomic E-state index is 13.8. The van der Waals surface area contributed by atoms with Crippen molar-refractivity contribution >= 4 is 22.4 Å². The van der Waals surface area contributed by atoms with E-state index in [4.69, 9.17) is 16.3 Å². The fraction of sp³-hybridized carbons (Fsp3) is 0.273. The van der Waals surface area contributed by atoms with Gasteiger partial charge in [0.25, 0.3) is 0 Å². The van der Waals surface area contributed by atoms with Crippen LogP contribution in [0.2, 0.25) is 5.02 Å². The smallest absolute Gasteiger partial charge is 0.416 e. The third kappa shape index (κ3) is 2.86. The lowest BCUT2D eigenvalue weighted by atomic mass is 9.79.